The molecule has 7 heteroatoms. The maximum Gasteiger partial charge on any atom is 0.322 e. The Morgan fingerprint density at radius 1 is 1.29 bits per heavy atom. The van der Waals surface area contributed by atoms with Gasteiger partial charge >= 0.3 is 5.97 Å². The van der Waals surface area contributed by atoms with Gasteiger partial charge in [0.15, 0.2) is 11.5 Å². The molecule has 1 aromatic carbocycles. The Kier molecular flexibility index (Phi) is 5.11. The molecule has 3 rings (SSSR count). The number of methoxy groups -OCH3 is 1. The lowest BCUT2D eigenvalue weighted by Crippen LogP contribution is -2.54. The summed E-state index contributed by atoms with van der Waals surface area (Å²) in [7, 11) is 3.48. The van der Waals surface area contributed by atoms with Crippen LogP contribution >= 0.6 is 0 Å². The third kappa shape index (κ3) is 3.57. The van der Waals surface area contributed by atoms with Crippen LogP contribution in [-0.2, 0) is 11.3 Å². The molecule has 132 valence electrons. The molecule has 2 aliphatic rings. The number of carboxylic acids is 1. The molecule has 0 aromatic heterocycles. The van der Waals surface area contributed by atoms with Gasteiger partial charge in [-0.05, 0) is 13.1 Å². The van der Waals surface area contributed by atoms with Crippen LogP contribution in [0.15, 0.2) is 12.1 Å². The average Bonchev–Trinajstić information content (AvgIpc) is 2.80. The van der Waals surface area contributed by atoms with Crippen LogP contribution in [-0.4, -0.2) is 73.9 Å². The Morgan fingerprint density at radius 2 is 2.00 bits per heavy atom. The Balaban J connectivity index is 1.79. The molecule has 1 N–H and O–H groups in total. The Bertz CT molecular complexity index is 607. The van der Waals surface area contributed by atoms with E-state index in [0.29, 0.717) is 32.1 Å². The van der Waals surface area contributed by atoms with Crippen molar-refractivity contribution < 1.29 is 24.1 Å². The summed E-state index contributed by atoms with van der Waals surface area (Å²) < 4.78 is 16.9. The first-order valence-corrected chi connectivity index (χ1v) is 8.20. The molecule has 0 unspecified atom stereocenters. The van der Waals surface area contributed by atoms with Crippen LogP contribution in [0.1, 0.15) is 12.0 Å². The van der Waals surface area contributed by atoms with Gasteiger partial charge in [-0.3, -0.25) is 14.6 Å². The first kappa shape index (κ1) is 16.9. The van der Waals surface area contributed by atoms with Crippen LogP contribution < -0.4 is 14.2 Å². The van der Waals surface area contributed by atoms with Crippen molar-refractivity contribution in [3.8, 4) is 17.2 Å². The van der Waals surface area contributed by atoms with Crippen molar-refractivity contribution in [3.05, 3.63) is 17.7 Å². The van der Waals surface area contributed by atoms with Gasteiger partial charge < -0.3 is 19.3 Å². The third-order valence-electron chi connectivity index (χ3n) is 4.56. The second kappa shape index (κ2) is 7.27. The first-order valence-electron chi connectivity index (χ1n) is 8.20. The van der Waals surface area contributed by atoms with E-state index in [1.807, 2.05) is 24.1 Å². The maximum absolute atomic E-state index is 11.4. The molecule has 0 amide bonds. The predicted molar refractivity (Wildman–Crippen MR) is 87.9 cm³/mol. The highest BCUT2D eigenvalue weighted by atomic mass is 16.5. The summed E-state index contributed by atoms with van der Waals surface area (Å²) >= 11 is 0. The number of ether oxygens (including phenoxy) is 3. The zero-order valence-electron chi connectivity index (χ0n) is 14.2. The highest BCUT2D eigenvalue weighted by Crippen LogP contribution is 2.37. The lowest BCUT2D eigenvalue weighted by atomic mass is 10.1. The van der Waals surface area contributed by atoms with Crippen LogP contribution in [0.3, 0.4) is 0 Å². The molecule has 0 radical (unpaired) electrons. The summed E-state index contributed by atoms with van der Waals surface area (Å²) in [6.45, 7) is 3.92. The number of aliphatic carboxylic acids is 1. The van der Waals surface area contributed by atoms with E-state index >= 15 is 0 Å². The molecule has 2 heterocycles. The number of piperazine rings is 1. The monoisotopic (exact) mass is 336 g/mol. The number of carbonyl (C=O) groups is 1. The van der Waals surface area contributed by atoms with E-state index < -0.39 is 12.0 Å². The average molecular weight is 336 g/mol. The molecule has 2 aliphatic heterocycles. The summed E-state index contributed by atoms with van der Waals surface area (Å²) in [4.78, 5) is 15.4. The molecule has 1 atom stereocenters. The number of hydrogen-bond donors (Lipinski definition) is 1. The summed E-state index contributed by atoms with van der Waals surface area (Å²) in [6.07, 6.45) is 0.852. The number of rotatable bonds is 4. The molecule has 0 aliphatic carbocycles. The van der Waals surface area contributed by atoms with Gasteiger partial charge in [0.2, 0.25) is 0 Å². The second-order valence-corrected chi connectivity index (χ2v) is 6.23. The number of hydrogen-bond acceptors (Lipinski definition) is 6. The Labute approximate surface area is 141 Å². The summed E-state index contributed by atoms with van der Waals surface area (Å²) in [6, 6.07) is 3.33. The SMILES string of the molecule is COc1cc2c(cc1CN1CCN(C)[C@@H](C(=O)O)C1)OCCCO2. The quantitative estimate of drug-likeness (QED) is 0.881. The number of benzene rings is 1. The van der Waals surface area contributed by atoms with Crippen molar-refractivity contribution >= 4 is 5.97 Å². The molecule has 7 nitrogen and oxygen atoms in total. The fourth-order valence-corrected chi connectivity index (χ4v) is 3.13. The number of fused-ring (bicyclic) bond motifs is 1. The molecule has 1 fully saturated rings. The largest absolute Gasteiger partial charge is 0.496 e. The standard InChI is InChI=1S/C17H24N2O5/c1-18-4-5-19(11-13(18)17(20)21)10-12-8-15-16(9-14(12)22-2)24-7-3-6-23-15/h8-9,13H,3-7,10-11H2,1-2H3,(H,20,21)/t13-/m1/s1. The van der Waals surface area contributed by atoms with Crippen LogP contribution in [0.4, 0.5) is 0 Å². The molecule has 0 bridgehead atoms. The topological polar surface area (TPSA) is 71.5 Å². The number of likely N-dealkylation sites (N-methyl/N-ethyl adjacent to an activating group) is 1. The molecule has 0 spiro atoms. The Morgan fingerprint density at radius 3 is 2.67 bits per heavy atom. The number of carboxylic acid groups (broad SMARTS) is 1. The highest BCUT2D eigenvalue weighted by molar-refractivity contribution is 5.73. The van der Waals surface area contributed by atoms with Crippen molar-refractivity contribution in [2.24, 2.45) is 0 Å². The molecular weight excluding hydrogens is 312 g/mol. The normalized spacial score (nSPS) is 22.0. The van der Waals surface area contributed by atoms with Crippen LogP contribution in [0, 0.1) is 0 Å². The van der Waals surface area contributed by atoms with Crippen LogP contribution in [0.25, 0.3) is 0 Å². The van der Waals surface area contributed by atoms with Gasteiger partial charge in [-0.25, -0.2) is 0 Å². The molecule has 0 saturated carbocycles. The van der Waals surface area contributed by atoms with Gasteiger partial charge in [-0.1, -0.05) is 0 Å². The fraction of sp³-hybridized carbons (Fsp3) is 0.588. The summed E-state index contributed by atoms with van der Waals surface area (Å²) in [5.41, 5.74) is 0.982. The minimum absolute atomic E-state index is 0.481. The molecule has 1 aromatic rings. The second-order valence-electron chi connectivity index (χ2n) is 6.23. The minimum atomic E-state index is -0.784. The van der Waals surface area contributed by atoms with E-state index in [2.05, 4.69) is 4.90 Å². The van der Waals surface area contributed by atoms with Gasteiger partial charge in [0.25, 0.3) is 0 Å². The van der Waals surface area contributed by atoms with E-state index in [9.17, 15) is 9.90 Å². The van der Waals surface area contributed by atoms with Gasteiger partial charge in [-0.15, -0.1) is 0 Å². The van der Waals surface area contributed by atoms with Gasteiger partial charge in [-0.2, -0.15) is 0 Å². The van der Waals surface area contributed by atoms with Gasteiger partial charge in [0, 0.05) is 44.2 Å². The molecule has 1 saturated heterocycles. The van der Waals surface area contributed by atoms with E-state index in [1.54, 1.807) is 7.11 Å². The van der Waals surface area contributed by atoms with Gasteiger partial charge in [0.05, 0.1) is 20.3 Å². The first-order chi connectivity index (χ1) is 11.6. The third-order valence-corrected chi connectivity index (χ3v) is 4.56. The van der Waals surface area contributed by atoms with Crippen molar-refractivity contribution in [1.82, 2.24) is 9.80 Å². The minimum Gasteiger partial charge on any atom is -0.496 e. The van der Waals surface area contributed by atoms with Crippen LogP contribution in [0.5, 0.6) is 17.2 Å². The highest BCUT2D eigenvalue weighted by Gasteiger charge is 2.30. The summed E-state index contributed by atoms with van der Waals surface area (Å²) in [5.74, 6) is 1.39. The van der Waals surface area contributed by atoms with Crippen LogP contribution in [0.2, 0.25) is 0 Å². The molecular formula is C17H24N2O5. The van der Waals surface area contributed by atoms with Crippen molar-refractivity contribution in [2.75, 3.05) is 47.0 Å². The maximum atomic E-state index is 11.4. The zero-order chi connectivity index (χ0) is 17.1. The Hall–Kier alpha value is -1.99. The van der Waals surface area contributed by atoms with E-state index in [-0.39, 0.29) is 0 Å². The lowest BCUT2D eigenvalue weighted by Gasteiger charge is -2.37. The fourth-order valence-electron chi connectivity index (χ4n) is 3.13. The zero-order valence-corrected chi connectivity index (χ0v) is 14.2. The van der Waals surface area contributed by atoms with E-state index in [1.165, 1.54) is 0 Å². The van der Waals surface area contributed by atoms with E-state index in [4.69, 9.17) is 14.2 Å². The molecule has 24 heavy (non-hydrogen) atoms. The number of nitrogens with zero attached hydrogens (tertiary/aromatic N) is 2. The van der Waals surface area contributed by atoms with Crippen molar-refractivity contribution in [1.29, 1.82) is 0 Å². The lowest BCUT2D eigenvalue weighted by molar-refractivity contribution is -0.145. The smallest absolute Gasteiger partial charge is 0.322 e. The summed E-state index contributed by atoms with van der Waals surface area (Å²) in [5, 5.41) is 9.35. The van der Waals surface area contributed by atoms with Gasteiger partial charge in [0.1, 0.15) is 11.8 Å². The van der Waals surface area contributed by atoms with E-state index in [0.717, 1.165) is 36.6 Å². The van der Waals surface area contributed by atoms with Crippen molar-refractivity contribution in [2.45, 2.75) is 19.0 Å². The predicted octanol–water partition coefficient (Wildman–Crippen LogP) is 1.06. The van der Waals surface area contributed by atoms with Crippen molar-refractivity contribution in [3.63, 3.8) is 0 Å².